The van der Waals surface area contributed by atoms with Gasteiger partial charge in [-0.05, 0) is 84.0 Å². The van der Waals surface area contributed by atoms with Gasteiger partial charge in [0.1, 0.15) is 16.5 Å². The molecule has 0 fully saturated rings. The Morgan fingerprint density at radius 2 is 1.38 bits per heavy atom. The number of sulfonamides is 1. The van der Waals surface area contributed by atoms with E-state index in [-0.39, 0.29) is 42.0 Å². The van der Waals surface area contributed by atoms with Gasteiger partial charge in [-0.2, -0.15) is 0 Å². The van der Waals surface area contributed by atoms with Crippen molar-refractivity contribution in [2.75, 3.05) is 0 Å². The Balaban J connectivity index is 1.90. The molecule has 13 heteroatoms. The molecule has 0 bridgehead atoms. The number of aliphatic hydroxyl groups is 2. The van der Waals surface area contributed by atoms with Crippen LogP contribution >= 0.6 is 0 Å². The van der Waals surface area contributed by atoms with Gasteiger partial charge in [-0.15, -0.1) is 0 Å². The first kappa shape index (κ1) is 35.4. The smallest absolute Gasteiger partial charge is 0.335 e. The van der Waals surface area contributed by atoms with Crippen molar-refractivity contribution in [3.8, 4) is 22.4 Å². The Hall–Kier alpha value is -4.43. The number of carboxylic acids is 2. The van der Waals surface area contributed by atoms with E-state index >= 15 is 0 Å². The second-order valence-corrected chi connectivity index (χ2v) is 13.2. The normalized spacial score (nSPS) is 13.1. The standard InChI is InChI=1S/C34H36F2N2O8S/c1-20(2)31-33(47(45,46)37-19-21-3-5-24(6-4-21)34(43)44)30(22-7-11-25(35)12-8-22)32(23-9-13-26(36)14-10-23)38(31)16-15-27(39)17-28(40)18-29(41)42/h3-14,20,27-28,37,39-40H,15-19H2,1-2H3,(H,41,42)(H,43,44)/t27-,28-/m1/s1. The zero-order valence-corrected chi connectivity index (χ0v) is 26.5. The summed E-state index contributed by atoms with van der Waals surface area (Å²) in [7, 11) is -4.36. The van der Waals surface area contributed by atoms with E-state index in [1.807, 2.05) is 0 Å². The highest BCUT2D eigenvalue weighted by molar-refractivity contribution is 7.89. The summed E-state index contributed by atoms with van der Waals surface area (Å²) in [4.78, 5) is 22.2. The molecule has 10 nitrogen and oxygen atoms in total. The quantitative estimate of drug-likeness (QED) is 0.113. The summed E-state index contributed by atoms with van der Waals surface area (Å²) in [6.07, 6.45) is -3.22. The molecule has 4 rings (SSSR count). The Kier molecular flexibility index (Phi) is 11.3. The molecule has 0 saturated heterocycles. The molecule has 0 radical (unpaired) electrons. The van der Waals surface area contributed by atoms with E-state index < -0.39 is 58.1 Å². The lowest BCUT2D eigenvalue weighted by atomic mass is 10.00. The van der Waals surface area contributed by atoms with E-state index in [4.69, 9.17) is 5.11 Å². The second kappa shape index (κ2) is 15.0. The maximum absolute atomic E-state index is 14.3. The summed E-state index contributed by atoms with van der Waals surface area (Å²) in [5, 5.41) is 39.0. The predicted octanol–water partition coefficient (Wildman–Crippen LogP) is 5.38. The maximum atomic E-state index is 14.3. The molecule has 0 unspecified atom stereocenters. The minimum Gasteiger partial charge on any atom is -0.481 e. The van der Waals surface area contributed by atoms with Crippen molar-refractivity contribution in [1.82, 2.24) is 9.29 Å². The minimum atomic E-state index is -4.36. The summed E-state index contributed by atoms with van der Waals surface area (Å²) in [5.41, 5.74) is 2.26. The predicted molar refractivity (Wildman–Crippen MR) is 170 cm³/mol. The molecule has 2 atom stereocenters. The number of carboxylic acid groups (broad SMARTS) is 2. The first-order valence-electron chi connectivity index (χ1n) is 14.9. The largest absolute Gasteiger partial charge is 0.481 e. The molecule has 47 heavy (non-hydrogen) atoms. The third kappa shape index (κ3) is 8.69. The Bertz CT molecular complexity index is 1820. The van der Waals surface area contributed by atoms with Crippen molar-refractivity contribution >= 4 is 22.0 Å². The van der Waals surface area contributed by atoms with E-state index in [1.165, 1.54) is 72.8 Å². The average Bonchev–Trinajstić information content (AvgIpc) is 3.36. The van der Waals surface area contributed by atoms with Gasteiger partial charge in [0.05, 0.1) is 29.9 Å². The number of benzene rings is 3. The zero-order valence-electron chi connectivity index (χ0n) is 25.7. The van der Waals surface area contributed by atoms with Crippen molar-refractivity contribution in [3.63, 3.8) is 0 Å². The molecule has 0 saturated carbocycles. The highest BCUT2D eigenvalue weighted by Crippen LogP contribution is 2.44. The molecule has 4 aromatic rings. The van der Waals surface area contributed by atoms with Crippen LogP contribution in [0, 0.1) is 11.6 Å². The van der Waals surface area contributed by atoms with Crippen molar-refractivity contribution in [2.45, 2.75) is 69.2 Å². The number of nitrogens with one attached hydrogen (secondary N) is 1. The van der Waals surface area contributed by atoms with Crippen molar-refractivity contribution in [3.05, 3.63) is 101 Å². The van der Waals surface area contributed by atoms with Crippen LogP contribution in [-0.4, -0.2) is 57.6 Å². The van der Waals surface area contributed by atoms with Crippen LogP contribution in [0.2, 0.25) is 0 Å². The summed E-state index contributed by atoms with van der Waals surface area (Å²) in [6.45, 7) is 3.41. The topological polar surface area (TPSA) is 166 Å². The van der Waals surface area contributed by atoms with Crippen molar-refractivity contribution < 1.29 is 47.2 Å². The van der Waals surface area contributed by atoms with Gasteiger partial charge in [0, 0.05) is 24.3 Å². The van der Waals surface area contributed by atoms with E-state index in [9.17, 15) is 42.1 Å². The number of halogens is 2. The van der Waals surface area contributed by atoms with Crippen LogP contribution in [-0.2, 0) is 27.9 Å². The number of aromatic carboxylic acids is 1. The van der Waals surface area contributed by atoms with E-state index in [2.05, 4.69) is 4.72 Å². The zero-order chi connectivity index (χ0) is 34.5. The van der Waals surface area contributed by atoms with Crippen LogP contribution in [0.25, 0.3) is 22.4 Å². The lowest BCUT2D eigenvalue weighted by Gasteiger charge is -2.20. The molecule has 0 aliphatic carbocycles. The number of aliphatic carboxylic acids is 1. The van der Waals surface area contributed by atoms with Gasteiger partial charge < -0.3 is 25.0 Å². The monoisotopic (exact) mass is 670 g/mol. The number of rotatable bonds is 15. The third-order valence-corrected chi connectivity index (χ3v) is 9.11. The van der Waals surface area contributed by atoms with Crippen LogP contribution < -0.4 is 4.72 Å². The van der Waals surface area contributed by atoms with Crippen LogP contribution in [0.3, 0.4) is 0 Å². The summed E-state index contributed by atoms with van der Waals surface area (Å²) < 4.78 is 61.1. The molecule has 5 N–H and O–H groups in total. The summed E-state index contributed by atoms with van der Waals surface area (Å²) >= 11 is 0. The van der Waals surface area contributed by atoms with Gasteiger partial charge in [0.2, 0.25) is 10.0 Å². The highest BCUT2D eigenvalue weighted by atomic mass is 32.2. The van der Waals surface area contributed by atoms with Crippen LogP contribution in [0.5, 0.6) is 0 Å². The fourth-order valence-electron chi connectivity index (χ4n) is 5.49. The van der Waals surface area contributed by atoms with Crippen LogP contribution in [0.1, 0.15) is 60.6 Å². The number of carbonyl (C=O) groups is 2. The highest BCUT2D eigenvalue weighted by Gasteiger charge is 2.34. The summed E-state index contributed by atoms with van der Waals surface area (Å²) in [6, 6.07) is 16.4. The van der Waals surface area contributed by atoms with Crippen molar-refractivity contribution in [2.24, 2.45) is 0 Å². The number of aromatic nitrogens is 1. The minimum absolute atomic E-state index is 0.00493. The van der Waals surface area contributed by atoms with Crippen LogP contribution in [0.15, 0.2) is 77.7 Å². The molecule has 3 aromatic carbocycles. The van der Waals surface area contributed by atoms with E-state index in [1.54, 1.807) is 18.4 Å². The van der Waals surface area contributed by atoms with Gasteiger partial charge in [-0.25, -0.2) is 26.7 Å². The molecular weight excluding hydrogens is 634 g/mol. The van der Waals surface area contributed by atoms with E-state index in [0.717, 1.165) is 0 Å². The third-order valence-electron chi connectivity index (χ3n) is 7.63. The average molecular weight is 671 g/mol. The Morgan fingerprint density at radius 1 is 0.830 bits per heavy atom. The molecule has 1 heterocycles. The fourth-order valence-corrected chi connectivity index (χ4v) is 7.10. The number of hydrogen-bond donors (Lipinski definition) is 5. The number of aliphatic hydroxyl groups excluding tert-OH is 2. The molecule has 0 amide bonds. The first-order valence-corrected chi connectivity index (χ1v) is 16.3. The number of nitrogens with zero attached hydrogens (tertiary/aromatic N) is 1. The van der Waals surface area contributed by atoms with Crippen LogP contribution in [0.4, 0.5) is 8.78 Å². The molecular formula is C34H36F2N2O8S. The first-order chi connectivity index (χ1) is 22.2. The SMILES string of the molecule is CC(C)c1c(S(=O)(=O)NCc2ccc(C(=O)O)cc2)c(-c2ccc(F)cc2)c(-c2ccc(F)cc2)n1CC[C@@H](O)C[C@@H](O)CC(=O)O. The fraction of sp³-hybridized carbons (Fsp3) is 0.294. The van der Waals surface area contributed by atoms with Gasteiger partial charge in [-0.3, -0.25) is 4.79 Å². The van der Waals surface area contributed by atoms with E-state index in [0.29, 0.717) is 28.1 Å². The molecule has 0 aliphatic rings. The van der Waals surface area contributed by atoms with Gasteiger partial charge >= 0.3 is 11.9 Å². The molecule has 1 aromatic heterocycles. The molecule has 0 aliphatic heterocycles. The van der Waals surface area contributed by atoms with Gasteiger partial charge in [0.25, 0.3) is 0 Å². The van der Waals surface area contributed by atoms with Gasteiger partial charge in [-0.1, -0.05) is 38.1 Å². The molecule has 250 valence electrons. The maximum Gasteiger partial charge on any atom is 0.335 e. The van der Waals surface area contributed by atoms with Gasteiger partial charge in [0.15, 0.2) is 0 Å². The second-order valence-electron chi connectivity index (χ2n) is 11.5. The summed E-state index contributed by atoms with van der Waals surface area (Å²) in [5.74, 6) is -3.85. The number of hydrogen-bond acceptors (Lipinski definition) is 6. The lowest BCUT2D eigenvalue weighted by molar-refractivity contribution is -0.139. The van der Waals surface area contributed by atoms with Crippen molar-refractivity contribution in [1.29, 1.82) is 0 Å². The lowest BCUT2D eigenvalue weighted by Crippen LogP contribution is -2.25. The molecule has 0 spiro atoms. The Morgan fingerprint density at radius 3 is 1.89 bits per heavy atom. The Labute approximate surface area is 271 Å².